The van der Waals surface area contributed by atoms with E-state index in [2.05, 4.69) is 34.3 Å². The molecule has 2 aromatic carbocycles. The Bertz CT molecular complexity index is 1220. The Balaban J connectivity index is 1.31. The van der Waals surface area contributed by atoms with Crippen LogP contribution >= 0.6 is 0 Å². The van der Waals surface area contributed by atoms with Gasteiger partial charge in [-0.05, 0) is 54.5 Å². The first-order chi connectivity index (χ1) is 16.1. The van der Waals surface area contributed by atoms with Gasteiger partial charge in [0, 0.05) is 43.2 Å². The van der Waals surface area contributed by atoms with Crippen molar-refractivity contribution in [2.45, 2.75) is 38.4 Å². The zero-order valence-corrected chi connectivity index (χ0v) is 18.9. The molecule has 6 heteroatoms. The van der Waals surface area contributed by atoms with Crippen LogP contribution in [0.5, 0.6) is 0 Å². The van der Waals surface area contributed by atoms with Gasteiger partial charge in [0.2, 0.25) is 0 Å². The number of aromatic nitrogens is 3. The SMILES string of the molecule is C[C@@H](O)c1cccc(-c2cnn3cc(-c4ccc(CCN5CCC(O)CC5)cc4)cnc23)c1. The average molecular weight is 443 g/mol. The Morgan fingerprint density at radius 1 is 1.00 bits per heavy atom. The van der Waals surface area contributed by atoms with E-state index in [1.165, 1.54) is 5.56 Å². The minimum absolute atomic E-state index is 0.119. The van der Waals surface area contributed by atoms with Crippen LogP contribution in [0, 0.1) is 0 Å². The van der Waals surface area contributed by atoms with Gasteiger partial charge in [-0.1, -0.05) is 42.5 Å². The summed E-state index contributed by atoms with van der Waals surface area (Å²) in [5.41, 5.74) is 7.07. The highest BCUT2D eigenvalue weighted by Crippen LogP contribution is 2.28. The van der Waals surface area contributed by atoms with Gasteiger partial charge in [0.25, 0.3) is 0 Å². The third-order valence-corrected chi connectivity index (χ3v) is 6.60. The van der Waals surface area contributed by atoms with Crippen molar-refractivity contribution in [1.82, 2.24) is 19.5 Å². The maximum atomic E-state index is 9.90. The van der Waals surface area contributed by atoms with Gasteiger partial charge in [0.1, 0.15) is 0 Å². The molecule has 1 aliphatic heterocycles. The van der Waals surface area contributed by atoms with Crippen LogP contribution in [0.3, 0.4) is 0 Å². The van der Waals surface area contributed by atoms with E-state index < -0.39 is 6.10 Å². The molecule has 0 amide bonds. The average Bonchev–Trinajstić information content (AvgIpc) is 3.27. The second-order valence-corrected chi connectivity index (χ2v) is 8.99. The number of benzene rings is 2. The molecule has 1 aliphatic rings. The minimum atomic E-state index is -0.512. The number of hydrogen-bond donors (Lipinski definition) is 2. The van der Waals surface area contributed by atoms with Crippen molar-refractivity contribution >= 4 is 5.65 Å². The first kappa shape index (κ1) is 21.8. The standard InChI is InChI=1S/C27H30N4O2/c1-19(32)22-3-2-4-23(15-22)26-17-29-31-18-24(16-28-27(26)31)21-7-5-20(6-8-21)9-12-30-13-10-25(33)11-14-30/h2-8,15-19,25,32-33H,9-14H2,1H3/t19-/m1/s1. The number of aliphatic hydroxyl groups excluding tert-OH is 2. The van der Waals surface area contributed by atoms with Crippen molar-refractivity contribution in [3.8, 4) is 22.3 Å². The van der Waals surface area contributed by atoms with Gasteiger partial charge in [0.05, 0.1) is 18.4 Å². The van der Waals surface area contributed by atoms with Crippen molar-refractivity contribution in [2.24, 2.45) is 0 Å². The van der Waals surface area contributed by atoms with Gasteiger partial charge in [-0.3, -0.25) is 0 Å². The third kappa shape index (κ3) is 4.83. The number of rotatable bonds is 6. The molecule has 5 rings (SSSR count). The van der Waals surface area contributed by atoms with Crippen LogP contribution in [-0.2, 0) is 6.42 Å². The lowest BCUT2D eigenvalue weighted by atomic mass is 10.0. The molecule has 0 aliphatic carbocycles. The van der Waals surface area contributed by atoms with Crippen molar-refractivity contribution in [1.29, 1.82) is 0 Å². The Morgan fingerprint density at radius 2 is 1.79 bits per heavy atom. The van der Waals surface area contributed by atoms with Crippen molar-refractivity contribution < 1.29 is 10.2 Å². The van der Waals surface area contributed by atoms with Crippen molar-refractivity contribution in [2.75, 3.05) is 19.6 Å². The predicted octanol–water partition coefficient (Wildman–Crippen LogP) is 4.12. The van der Waals surface area contributed by atoms with Crippen LogP contribution in [0.1, 0.15) is 37.0 Å². The monoisotopic (exact) mass is 442 g/mol. The molecule has 33 heavy (non-hydrogen) atoms. The summed E-state index contributed by atoms with van der Waals surface area (Å²) in [5, 5.41) is 24.1. The minimum Gasteiger partial charge on any atom is -0.393 e. The van der Waals surface area contributed by atoms with Crippen LogP contribution < -0.4 is 0 Å². The Morgan fingerprint density at radius 3 is 2.55 bits per heavy atom. The van der Waals surface area contributed by atoms with Gasteiger partial charge in [0.15, 0.2) is 5.65 Å². The first-order valence-electron chi connectivity index (χ1n) is 11.7. The molecule has 0 unspecified atom stereocenters. The second kappa shape index (κ2) is 9.43. The summed E-state index contributed by atoms with van der Waals surface area (Å²) < 4.78 is 1.82. The maximum absolute atomic E-state index is 9.90. The van der Waals surface area contributed by atoms with Crippen LogP contribution in [-0.4, -0.2) is 55.4 Å². The molecule has 1 fully saturated rings. The van der Waals surface area contributed by atoms with Crippen molar-refractivity contribution in [3.05, 3.63) is 78.2 Å². The molecule has 6 nitrogen and oxygen atoms in total. The smallest absolute Gasteiger partial charge is 0.162 e. The van der Waals surface area contributed by atoms with E-state index in [1.54, 1.807) is 6.92 Å². The topological polar surface area (TPSA) is 73.9 Å². The molecule has 1 saturated heterocycles. The zero-order valence-electron chi connectivity index (χ0n) is 18.9. The van der Waals surface area contributed by atoms with Gasteiger partial charge < -0.3 is 15.1 Å². The highest BCUT2D eigenvalue weighted by molar-refractivity contribution is 5.78. The maximum Gasteiger partial charge on any atom is 0.162 e. The zero-order chi connectivity index (χ0) is 22.8. The summed E-state index contributed by atoms with van der Waals surface area (Å²) in [4.78, 5) is 7.14. The number of piperidine rings is 1. The summed E-state index contributed by atoms with van der Waals surface area (Å²) in [5.74, 6) is 0. The van der Waals surface area contributed by atoms with E-state index in [1.807, 2.05) is 47.4 Å². The molecule has 1 atom stereocenters. The molecular formula is C27H30N4O2. The summed E-state index contributed by atoms with van der Waals surface area (Å²) in [6.45, 7) is 4.77. The number of hydrogen-bond acceptors (Lipinski definition) is 5. The van der Waals surface area contributed by atoms with Crippen LogP contribution in [0.2, 0.25) is 0 Å². The quantitative estimate of drug-likeness (QED) is 0.470. The number of likely N-dealkylation sites (tertiary alicyclic amines) is 1. The number of aliphatic hydroxyl groups is 2. The molecular weight excluding hydrogens is 412 g/mol. The molecule has 170 valence electrons. The number of fused-ring (bicyclic) bond motifs is 1. The fourth-order valence-corrected chi connectivity index (χ4v) is 4.49. The third-order valence-electron chi connectivity index (χ3n) is 6.60. The highest BCUT2D eigenvalue weighted by Gasteiger charge is 2.16. The Labute approximate surface area is 194 Å². The summed E-state index contributed by atoms with van der Waals surface area (Å²) >= 11 is 0. The molecule has 3 heterocycles. The van der Waals surface area contributed by atoms with Crippen molar-refractivity contribution in [3.63, 3.8) is 0 Å². The van der Waals surface area contributed by atoms with E-state index in [0.717, 1.165) is 72.4 Å². The van der Waals surface area contributed by atoms with E-state index in [-0.39, 0.29) is 6.10 Å². The molecule has 2 N–H and O–H groups in total. The van der Waals surface area contributed by atoms with Crippen LogP contribution in [0.4, 0.5) is 0 Å². The van der Waals surface area contributed by atoms with Crippen LogP contribution in [0.15, 0.2) is 67.1 Å². The molecule has 4 aromatic rings. The lowest BCUT2D eigenvalue weighted by Crippen LogP contribution is -2.37. The summed E-state index contributed by atoms with van der Waals surface area (Å²) in [7, 11) is 0. The molecule has 2 aromatic heterocycles. The summed E-state index contributed by atoms with van der Waals surface area (Å²) in [6.07, 6.45) is 7.89. The second-order valence-electron chi connectivity index (χ2n) is 8.99. The number of nitrogens with zero attached hydrogens (tertiary/aromatic N) is 4. The lowest BCUT2D eigenvalue weighted by molar-refractivity contribution is 0.0832. The highest BCUT2D eigenvalue weighted by atomic mass is 16.3. The summed E-state index contributed by atoms with van der Waals surface area (Å²) in [6, 6.07) is 16.6. The normalized spacial score (nSPS) is 16.3. The molecule has 0 bridgehead atoms. The molecule has 0 radical (unpaired) electrons. The first-order valence-corrected chi connectivity index (χ1v) is 11.7. The molecule has 0 spiro atoms. The van der Waals surface area contributed by atoms with E-state index in [0.29, 0.717) is 0 Å². The van der Waals surface area contributed by atoms with Gasteiger partial charge in [-0.25, -0.2) is 9.50 Å². The van der Waals surface area contributed by atoms with Gasteiger partial charge in [-0.2, -0.15) is 5.10 Å². The fraction of sp³-hybridized carbons (Fsp3) is 0.333. The van der Waals surface area contributed by atoms with E-state index in [4.69, 9.17) is 4.98 Å². The Kier molecular flexibility index (Phi) is 6.22. The largest absolute Gasteiger partial charge is 0.393 e. The van der Waals surface area contributed by atoms with Crippen LogP contribution in [0.25, 0.3) is 27.9 Å². The predicted molar refractivity (Wildman–Crippen MR) is 130 cm³/mol. The fourth-order valence-electron chi connectivity index (χ4n) is 4.49. The Hall–Kier alpha value is -3.06. The van der Waals surface area contributed by atoms with E-state index >= 15 is 0 Å². The van der Waals surface area contributed by atoms with Gasteiger partial charge in [-0.15, -0.1) is 0 Å². The van der Waals surface area contributed by atoms with E-state index in [9.17, 15) is 10.2 Å². The lowest BCUT2D eigenvalue weighted by Gasteiger charge is -2.29. The molecule has 0 saturated carbocycles. The van der Waals surface area contributed by atoms with Gasteiger partial charge >= 0.3 is 0 Å².